The second kappa shape index (κ2) is 6.43. The van der Waals surface area contributed by atoms with Gasteiger partial charge in [0.25, 0.3) is 0 Å². The molecule has 5 heteroatoms. The van der Waals surface area contributed by atoms with Crippen molar-refractivity contribution in [3.63, 3.8) is 0 Å². The minimum absolute atomic E-state index is 0.178. The molecular formula is C19H16F3NO. The van der Waals surface area contributed by atoms with Crippen molar-refractivity contribution in [2.24, 2.45) is 0 Å². The van der Waals surface area contributed by atoms with Crippen LogP contribution in [0.2, 0.25) is 0 Å². The molecule has 0 amide bonds. The fraction of sp³-hybridized carbons (Fsp3) is 0.158. The number of hydrogen-bond donors (Lipinski definition) is 1. The third kappa shape index (κ3) is 3.45. The molecule has 0 radical (unpaired) electrons. The monoisotopic (exact) mass is 331 g/mol. The average Bonchev–Trinajstić information content (AvgIpc) is 2.59. The molecule has 1 atom stereocenters. The van der Waals surface area contributed by atoms with Crippen molar-refractivity contribution >= 4 is 16.5 Å². The Balaban J connectivity index is 1.95. The Morgan fingerprint density at radius 1 is 0.875 bits per heavy atom. The third-order valence-electron chi connectivity index (χ3n) is 3.84. The quantitative estimate of drug-likeness (QED) is 0.675. The molecule has 0 spiro atoms. The van der Waals surface area contributed by atoms with E-state index < -0.39 is 12.2 Å². The highest BCUT2D eigenvalue weighted by Crippen LogP contribution is 2.37. The van der Waals surface area contributed by atoms with Gasteiger partial charge in [-0.15, -0.1) is 0 Å². The smallest absolute Gasteiger partial charge is 0.412 e. The van der Waals surface area contributed by atoms with Crippen molar-refractivity contribution in [3.05, 3.63) is 72.3 Å². The van der Waals surface area contributed by atoms with Crippen LogP contribution in [0.25, 0.3) is 10.8 Å². The highest BCUT2D eigenvalue weighted by atomic mass is 19.4. The van der Waals surface area contributed by atoms with Gasteiger partial charge in [0.1, 0.15) is 11.8 Å². The second-order valence-electron chi connectivity index (χ2n) is 5.45. The van der Waals surface area contributed by atoms with E-state index in [0.717, 1.165) is 10.8 Å². The first-order valence-corrected chi connectivity index (χ1v) is 7.43. The van der Waals surface area contributed by atoms with Gasteiger partial charge in [0.15, 0.2) is 0 Å². The molecule has 2 nitrogen and oxygen atoms in total. The van der Waals surface area contributed by atoms with Crippen molar-refractivity contribution in [2.45, 2.75) is 12.2 Å². The van der Waals surface area contributed by atoms with Gasteiger partial charge in [-0.25, -0.2) is 0 Å². The molecule has 3 aromatic carbocycles. The molecule has 0 fully saturated rings. The molecule has 0 unspecified atom stereocenters. The highest BCUT2D eigenvalue weighted by molar-refractivity contribution is 5.83. The third-order valence-corrected chi connectivity index (χ3v) is 3.84. The molecule has 3 aromatic rings. The number of benzene rings is 3. The summed E-state index contributed by atoms with van der Waals surface area (Å²) in [5.74, 6) is 0.592. The van der Waals surface area contributed by atoms with E-state index in [9.17, 15) is 13.2 Å². The van der Waals surface area contributed by atoms with Gasteiger partial charge in [0, 0.05) is 5.69 Å². The van der Waals surface area contributed by atoms with Crippen LogP contribution in [0, 0.1) is 0 Å². The lowest BCUT2D eigenvalue weighted by molar-refractivity contribution is -0.143. The number of ether oxygens (including phenoxy) is 1. The zero-order valence-electron chi connectivity index (χ0n) is 13.0. The summed E-state index contributed by atoms with van der Waals surface area (Å²) in [6.07, 6.45) is -4.41. The van der Waals surface area contributed by atoms with E-state index in [-0.39, 0.29) is 5.56 Å². The van der Waals surface area contributed by atoms with Crippen LogP contribution in [-0.2, 0) is 0 Å². The predicted octanol–water partition coefficient (Wildman–Crippen LogP) is 5.56. The van der Waals surface area contributed by atoms with Gasteiger partial charge < -0.3 is 10.1 Å². The van der Waals surface area contributed by atoms with E-state index in [4.69, 9.17) is 4.74 Å². The molecule has 0 saturated carbocycles. The molecule has 0 aliphatic carbocycles. The Morgan fingerprint density at radius 3 is 2.17 bits per heavy atom. The summed E-state index contributed by atoms with van der Waals surface area (Å²) in [5.41, 5.74) is 0.559. The maximum absolute atomic E-state index is 13.5. The fourth-order valence-electron chi connectivity index (χ4n) is 2.60. The topological polar surface area (TPSA) is 21.3 Å². The molecule has 0 bridgehead atoms. The van der Waals surface area contributed by atoms with Crippen LogP contribution in [0.1, 0.15) is 11.6 Å². The summed E-state index contributed by atoms with van der Waals surface area (Å²) >= 11 is 0. The summed E-state index contributed by atoms with van der Waals surface area (Å²) in [6, 6.07) is 16.7. The average molecular weight is 331 g/mol. The molecule has 0 heterocycles. The van der Waals surface area contributed by atoms with Gasteiger partial charge in [-0.3, -0.25) is 0 Å². The van der Waals surface area contributed by atoms with Crippen LogP contribution >= 0.6 is 0 Å². The lowest BCUT2D eigenvalue weighted by atomic mass is 10.0. The van der Waals surface area contributed by atoms with E-state index in [1.54, 1.807) is 42.5 Å². The Kier molecular flexibility index (Phi) is 4.34. The number of halogens is 3. The minimum Gasteiger partial charge on any atom is -0.497 e. The fourth-order valence-corrected chi connectivity index (χ4v) is 2.60. The zero-order chi connectivity index (χ0) is 17.2. The number of hydrogen-bond acceptors (Lipinski definition) is 2. The Hall–Kier alpha value is -2.69. The van der Waals surface area contributed by atoms with Crippen LogP contribution in [-0.4, -0.2) is 13.3 Å². The Bertz CT molecular complexity index is 828. The summed E-state index contributed by atoms with van der Waals surface area (Å²) in [5, 5.41) is 4.26. The normalized spacial score (nSPS) is 12.8. The number of nitrogens with one attached hydrogen (secondary N) is 1. The molecule has 0 aliphatic heterocycles. The van der Waals surface area contributed by atoms with Gasteiger partial charge in [0.2, 0.25) is 0 Å². The van der Waals surface area contributed by atoms with E-state index in [1.165, 1.54) is 13.2 Å². The molecule has 1 N–H and O–H groups in total. The van der Waals surface area contributed by atoms with Crippen LogP contribution in [0.3, 0.4) is 0 Å². The van der Waals surface area contributed by atoms with Crippen molar-refractivity contribution in [3.8, 4) is 5.75 Å². The van der Waals surface area contributed by atoms with Gasteiger partial charge in [-0.05, 0) is 46.7 Å². The first-order valence-electron chi connectivity index (χ1n) is 7.43. The van der Waals surface area contributed by atoms with Crippen LogP contribution < -0.4 is 10.1 Å². The zero-order valence-corrected chi connectivity index (χ0v) is 13.0. The molecule has 0 aromatic heterocycles. The molecule has 124 valence electrons. The molecule has 0 saturated heterocycles. The summed E-state index contributed by atoms with van der Waals surface area (Å²) < 4.78 is 45.7. The van der Waals surface area contributed by atoms with E-state index in [0.29, 0.717) is 11.4 Å². The van der Waals surface area contributed by atoms with Crippen molar-refractivity contribution in [1.82, 2.24) is 0 Å². The lowest BCUT2D eigenvalue weighted by Gasteiger charge is -2.23. The van der Waals surface area contributed by atoms with Crippen LogP contribution in [0.5, 0.6) is 5.75 Å². The second-order valence-corrected chi connectivity index (χ2v) is 5.45. The highest BCUT2D eigenvalue weighted by Gasteiger charge is 2.40. The van der Waals surface area contributed by atoms with Gasteiger partial charge in [-0.1, -0.05) is 36.4 Å². The standard InChI is InChI=1S/C19H16F3NO/c1-24-17-10-8-16(9-11-17)23-18(19(20,21)22)15-7-6-13-4-2-3-5-14(13)12-15/h2-12,18,23H,1H3/t18-/m0/s1. The Labute approximate surface area is 137 Å². The van der Waals surface area contributed by atoms with E-state index in [1.807, 2.05) is 18.2 Å². The summed E-state index contributed by atoms with van der Waals surface area (Å²) in [6.45, 7) is 0. The Morgan fingerprint density at radius 2 is 1.54 bits per heavy atom. The maximum Gasteiger partial charge on any atom is 0.412 e. The summed E-state index contributed by atoms with van der Waals surface area (Å²) in [7, 11) is 1.51. The van der Waals surface area contributed by atoms with Gasteiger partial charge in [0.05, 0.1) is 7.11 Å². The van der Waals surface area contributed by atoms with Crippen molar-refractivity contribution < 1.29 is 17.9 Å². The molecular weight excluding hydrogens is 315 g/mol. The minimum atomic E-state index is -4.41. The molecule has 3 rings (SSSR count). The maximum atomic E-state index is 13.5. The molecule has 24 heavy (non-hydrogen) atoms. The SMILES string of the molecule is COc1ccc(N[C@@H](c2ccc3ccccc3c2)C(F)(F)F)cc1. The van der Waals surface area contributed by atoms with Gasteiger partial charge >= 0.3 is 6.18 Å². The predicted molar refractivity (Wildman–Crippen MR) is 89.4 cm³/mol. The number of alkyl halides is 3. The van der Waals surface area contributed by atoms with Crippen molar-refractivity contribution in [2.75, 3.05) is 12.4 Å². The van der Waals surface area contributed by atoms with Crippen LogP contribution in [0.15, 0.2) is 66.7 Å². The number of fused-ring (bicyclic) bond motifs is 1. The summed E-state index contributed by atoms with van der Waals surface area (Å²) in [4.78, 5) is 0. The first-order chi connectivity index (χ1) is 11.5. The lowest BCUT2D eigenvalue weighted by Crippen LogP contribution is -2.27. The number of rotatable bonds is 4. The van der Waals surface area contributed by atoms with Crippen LogP contribution in [0.4, 0.5) is 18.9 Å². The van der Waals surface area contributed by atoms with Gasteiger partial charge in [-0.2, -0.15) is 13.2 Å². The first kappa shape index (κ1) is 16.2. The number of methoxy groups -OCH3 is 1. The number of anilines is 1. The largest absolute Gasteiger partial charge is 0.497 e. The van der Waals surface area contributed by atoms with E-state index in [2.05, 4.69) is 5.32 Å². The van der Waals surface area contributed by atoms with E-state index >= 15 is 0 Å². The molecule has 0 aliphatic rings. The van der Waals surface area contributed by atoms with Crippen molar-refractivity contribution in [1.29, 1.82) is 0 Å².